The summed E-state index contributed by atoms with van der Waals surface area (Å²) < 4.78 is 147. The average molecular weight is 2210 g/mol. The number of ether oxygens (including phenoxy) is 25. The molecule has 0 aliphatic carbocycles. The van der Waals surface area contributed by atoms with Gasteiger partial charge < -0.3 is 328 Å². The van der Waals surface area contributed by atoms with Crippen LogP contribution in [-0.2, 0) is 128 Å². The average Bonchev–Trinajstić information content (AvgIpc) is 0.763. The molecule has 150 heavy (non-hydrogen) atoms. The van der Waals surface area contributed by atoms with E-state index in [-0.39, 0.29) is 0 Å². The second-order valence-electron chi connectivity index (χ2n) is 38.0. The van der Waals surface area contributed by atoms with E-state index in [0.717, 1.165) is 13.8 Å². The van der Waals surface area contributed by atoms with Gasteiger partial charge in [0.2, 0.25) is 11.8 Å². The van der Waals surface area contributed by atoms with Gasteiger partial charge in [0, 0.05) is 13.8 Å². The lowest BCUT2D eigenvalue weighted by Crippen LogP contribution is -2.70. The molecule has 13 rings (SSSR count). The number of hydrogen-bond donors (Lipinski definition) is 41. The third kappa shape index (κ3) is 26.2. The summed E-state index contributed by atoms with van der Waals surface area (Å²) >= 11 is 0. The minimum absolute atomic E-state index is 0.847. The molecule has 872 valence electrons. The van der Waals surface area contributed by atoms with E-state index in [1.165, 1.54) is 0 Å². The van der Waals surface area contributed by atoms with E-state index in [0.29, 0.717) is 0 Å². The van der Waals surface area contributed by atoms with Gasteiger partial charge in [0.25, 0.3) is 0 Å². The summed E-state index contributed by atoms with van der Waals surface area (Å²) in [5, 5.41) is 443. The Labute approximate surface area is 845 Å². The molecule has 0 spiro atoms. The molecule has 13 heterocycles. The van der Waals surface area contributed by atoms with Gasteiger partial charge in [-0.1, -0.05) is 0 Å². The van der Waals surface area contributed by atoms with Crippen molar-refractivity contribution in [2.75, 3.05) is 85.9 Å². The number of hydrogen-bond acceptors (Lipinski definition) is 66. The van der Waals surface area contributed by atoms with E-state index in [9.17, 15) is 209 Å². The lowest BCUT2D eigenvalue weighted by Gasteiger charge is -2.51. The summed E-state index contributed by atoms with van der Waals surface area (Å²) in [4.78, 5) is 25.5. The number of nitrogens with one attached hydrogen (secondary N) is 2. The van der Waals surface area contributed by atoms with E-state index in [1.807, 2.05) is 0 Å². The molecule has 0 radical (unpaired) electrons. The minimum Gasteiger partial charge on any atom is -0.394 e. The van der Waals surface area contributed by atoms with Crippen LogP contribution in [0, 0.1) is 0 Å². The van der Waals surface area contributed by atoms with Crippen molar-refractivity contribution in [2.45, 2.75) is 413 Å². The fourth-order valence-corrected chi connectivity index (χ4v) is 19.4. The van der Waals surface area contributed by atoms with Crippen LogP contribution in [-0.4, -0.2) is 696 Å². The first-order valence-corrected chi connectivity index (χ1v) is 47.7. The van der Waals surface area contributed by atoms with Crippen molar-refractivity contribution >= 4 is 11.8 Å². The van der Waals surface area contributed by atoms with Gasteiger partial charge in [-0.3, -0.25) is 9.59 Å². The SMILES string of the molecule is CC(=O)N[C@@H]1[C@@H](O)[C@H](O[C@@H]2O[C@H](CO)[C@@H](O[C@@H]3O[C@H](CO[C@H]4O[C@H](CO[C@H]5O[C@H](CO)[C@@H](O)[C@H](O)[C@@H]5O)[C@@H](O)[C@H](O[C@H]5O[C@H](CO)[C@@H](O)[C@H](O)[C@@H]5O[C@H]5O[C@H](CO)[C@@H](O)[C@H](O)[C@@H]5O)[C@@H]4O)[C@@H](O)[C@H](O[C@H]4O[C@H](CO)[C@@H](O)[C@H](O)[C@@H]4O[C@H]4O[C@H](CO)[C@@H](O)[C@H](O)[C@@H]4O[C@H]4O[C@H](CO)[C@@H](O)[C@H](O[C@H]5O[C@H](CO)[C@@H](O)[C@H](O[C@H]6O[C@H](CO)[C@@H](O)[C@H](O)[C@H]6O[C@H]6O[C@H](CO)[C@@H](O)[C@H](O)[C@H]6O)[C@H]5O)[C@@H]4O)[C@@H]3O)[C@H](O)[C@H]2NC(C)=O)[C@@H](CO)O[C@H]1O. The van der Waals surface area contributed by atoms with Crippen LogP contribution >= 0.6 is 0 Å². The Morgan fingerprint density at radius 1 is 0.173 bits per heavy atom. The van der Waals surface area contributed by atoms with Crippen molar-refractivity contribution < 1.29 is 327 Å². The maximum atomic E-state index is 13.2. The van der Waals surface area contributed by atoms with Gasteiger partial charge in [0.15, 0.2) is 81.8 Å². The van der Waals surface area contributed by atoms with Gasteiger partial charge in [-0.15, -0.1) is 0 Å². The Hall–Kier alpha value is -3.62. The van der Waals surface area contributed by atoms with Gasteiger partial charge in [0.05, 0.1) is 85.9 Å². The minimum atomic E-state index is -2.77. The number of aliphatic hydroxyl groups excluding tert-OH is 39. The molecule has 41 N–H and O–H groups in total. The molecule has 2 amide bonds. The summed E-state index contributed by atoms with van der Waals surface area (Å²) in [7, 11) is 0. The highest BCUT2D eigenvalue weighted by Gasteiger charge is 2.65. The summed E-state index contributed by atoms with van der Waals surface area (Å²) in [6.07, 6.45) is -143. The summed E-state index contributed by atoms with van der Waals surface area (Å²) in [5.74, 6) is -1.87. The van der Waals surface area contributed by atoms with Gasteiger partial charge in [-0.25, -0.2) is 0 Å². The number of rotatable bonds is 39. The monoisotopic (exact) mass is 2210 g/mol. The van der Waals surface area contributed by atoms with Crippen molar-refractivity contribution in [1.29, 1.82) is 0 Å². The van der Waals surface area contributed by atoms with Crippen molar-refractivity contribution in [3.63, 3.8) is 0 Å². The first-order valence-electron chi connectivity index (χ1n) is 47.7. The Morgan fingerprint density at radius 3 is 0.667 bits per heavy atom. The fraction of sp³-hybridized carbons (Fsp3) is 0.976. The molecule has 68 heteroatoms. The van der Waals surface area contributed by atoms with Crippen LogP contribution in [0.3, 0.4) is 0 Å². The molecule has 13 saturated heterocycles. The second-order valence-corrected chi connectivity index (χ2v) is 38.0. The smallest absolute Gasteiger partial charge is 0.217 e. The molecule has 65 atom stereocenters. The van der Waals surface area contributed by atoms with Crippen LogP contribution in [0.1, 0.15) is 13.8 Å². The van der Waals surface area contributed by atoms with Crippen molar-refractivity contribution in [3.8, 4) is 0 Å². The van der Waals surface area contributed by atoms with Crippen molar-refractivity contribution in [2.24, 2.45) is 0 Å². The third-order valence-electron chi connectivity index (χ3n) is 28.0. The van der Waals surface area contributed by atoms with E-state index in [2.05, 4.69) is 10.6 Å². The Morgan fingerprint density at radius 2 is 0.360 bits per heavy atom. The predicted octanol–water partition coefficient (Wildman–Crippen LogP) is -29.0. The highest BCUT2D eigenvalue weighted by molar-refractivity contribution is 5.73. The highest BCUT2D eigenvalue weighted by Crippen LogP contribution is 2.44. The summed E-state index contributed by atoms with van der Waals surface area (Å²) in [6, 6.07) is -3.79. The lowest BCUT2D eigenvalue weighted by atomic mass is 9.94. The molecule has 13 fully saturated rings. The molecule has 0 aromatic carbocycles. The Bertz CT molecular complexity index is 4070. The molecule has 13 aliphatic rings. The number of aliphatic hydroxyl groups is 39. The van der Waals surface area contributed by atoms with Gasteiger partial charge in [-0.2, -0.15) is 0 Å². The quantitative estimate of drug-likeness (QED) is 0.0272. The molecule has 0 aromatic heterocycles. The molecule has 0 unspecified atom stereocenters. The summed E-state index contributed by atoms with van der Waals surface area (Å²) in [6.45, 7) is -13.7. The van der Waals surface area contributed by atoms with E-state index < -0.39 is 497 Å². The lowest BCUT2D eigenvalue weighted by molar-refractivity contribution is -0.413. The van der Waals surface area contributed by atoms with Crippen molar-refractivity contribution in [3.05, 3.63) is 0 Å². The van der Waals surface area contributed by atoms with Crippen molar-refractivity contribution in [1.82, 2.24) is 10.6 Å². The van der Waals surface area contributed by atoms with Crippen LogP contribution in [0.4, 0.5) is 0 Å². The second kappa shape index (κ2) is 53.8. The third-order valence-corrected chi connectivity index (χ3v) is 28.0. The first kappa shape index (κ1) is 123. The first-order chi connectivity index (χ1) is 71.1. The zero-order valence-electron chi connectivity index (χ0n) is 79.2. The molecule has 0 saturated carbocycles. The maximum absolute atomic E-state index is 13.2. The molecular formula is C82H138N2O66. The predicted molar refractivity (Wildman–Crippen MR) is 451 cm³/mol. The van der Waals surface area contributed by atoms with E-state index >= 15 is 0 Å². The largest absolute Gasteiger partial charge is 0.394 e. The Kier molecular flexibility index (Phi) is 44.2. The molecule has 68 nitrogen and oxygen atoms in total. The topological polar surface area (TPSA) is 1080 Å². The molecule has 0 bridgehead atoms. The van der Waals surface area contributed by atoms with Crippen LogP contribution in [0.5, 0.6) is 0 Å². The van der Waals surface area contributed by atoms with Crippen LogP contribution < -0.4 is 10.6 Å². The van der Waals surface area contributed by atoms with Crippen LogP contribution in [0.15, 0.2) is 0 Å². The van der Waals surface area contributed by atoms with Crippen LogP contribution in [0.25, 0.3) is 0 Å². The standard InChI is InChI=1S/C82H138N2O66/c1-16(96)83-31-44(109)60(27(12-94)128-70(31)125)141-71-32(84-17(2)97)45(110)61(28(13-95)138-71)142-78-59(124)65(43(108)30(140-78)15-127-73-56(121)64(42(107)29(139-73)14-126-72-53(118)46(111)33(98)18(3-85)129-72)145-80-67(50(115)37(102)22(7-89)135-80)148-75-55(120)48(113)35(100)20(5-87)131-75)146-81-69(52(117)39(104)23(8-90)136-81)150-82-68(51(116)38(103)24(9-91)137-82)149-77-57(122)62(40(105)25(10-92)133-77)143-76-58(123)63(41(106)26(11-93)132-76)144-79-66(49(114)36(101)21(6-88)134-79)147-74-54(119)47(112)34(99)19(4-86)130-74/h18-82,85-95,98-125H,3-15H2,1-2H3,(H,83,96)(H,84,97)/t18-,19-,20-,21-,22-,23-,24-,25-,26-,27-,28-,29-,30-,31-,32-,33-,34-,35-,36-,37-,38-,39-,40-,41-,42-,43-,44-,45-,46+,47+,48+,49+,50+,51+,52+,53+,54-,55+,56+,57+,58-,59+,60-,61-,62+,63+,64+,65+,66-,67+,68+,69+,70-,71+,72+,73+,74-,75-,76-,77-,78+,79-,80-,81-,82-/m1/s1. The van der Waals surface area contributed by atoms with Gasteiger partial charge in [-0.05, 0) is 0 Å². The van der Waals surface area contributed by atoms with Gasteiger partial charge >= 0.3 is 0 Å². The van der Waals surface area contributed by atoms with E-state index in [4.69, 9.17) is 118 Å². The number of carbonyl (C=O) groups is 2. The number of carbonyl (C=O) groups excluding carboxylic acids is 2. The normalized spacial score (nSPS) is 52.1. The summed E-state index contributed by atoms with van der Waals surface area (Å²) in [5.41, 5.74) is 0. The molecule has 13 aliphatic heterocycles. The highest BCUT2D eigenvalue weighted by atomic mass is 16.8. The molecular weight excluding hydrogens is 2070 g/mol. The van der Waals surface area contributed by atoms with Crippen LogP contribution in [0.2, 0.25) is 0 Å². The van der Waals surface area contributed by atoms with Gasteiger partial charge in [0.1, 0.15) is 317 Å². The Balaban J connectivity index is 0.819. The zero-order valence-corrected chi connectivity index (χ0v) is 79.2. The number of amides is 2. The fourth-order valence-electron chi connectivity index (χ4n) is 19.4. The zero-order chi connectivity index (χ0) is 110. The van der Waals surface area contributed by atoms with E-state index in [1.54, 1.807) is 0 Å². The maximum Gasteiger partial charge on any atom is 0.217 e. The molecule has 0 aromatic rings.